The number of benzene rings is 1. The predicted molar refractivity (Wildman–Crippen MR) is 81.4 cm³/mol. The smallest absolute Gasteiger partial charge is 0.257 e. The van der Waals surface area contributed by atoms with Crippen molar-refractivity contribution in [2.75, 3.05) is 31.1 Å². The van der Waals surface area contributed by atoms with E-state index in [1.807, 2.05) is 11.0 Å². The molecular weight excluding hydrogens is 252 g/mol. The van der Waals surface area contributed by atoms with Crippen LogP contribution in [0.3, 0.4) is 0 Å². The molecule has 1 saturated heterocycles. The van der Waals surface area contributed by atoms with Gasteiger partial charge in [-0.05, 0) is 45.2 Å². The van der Waals surface area contributed by atoms with E-state index < -0.39 is 0 Å². The van der Waals surface area contributed by atoms with E-state index in [2.05, 4.69) is 18.7 Å². The molecule has 4 nitrogen and oxygen atoms in total. The van der Waals surface area contributed by atoms with Crippen LogP contribution >= 0.6 is 0 Å². The van der Waals surface area contributed by atoms with E-state index in [0.717, 1.165) is 44.7 Å². The molecule has 0 unspecified atom stereocenters. The molecule has 0 radical (unpaired) electrons. The van der Waals surface area contributed by atoms with Crippen LogP contribution in [0.5, 0.6) is 5.75 Å². The molecule has 1 N–H and O–H groups in total. The third-order valence-electron chi connectivity index (χ3n) is 3.98. The second-order valence-electron chi connectivity index (χ2n) is 5.23. The molecule has 4 heteroatoms. The monoisotopic (exact) mass is 276 g/mol. The molecule has 110 valence electrons. The Hall–Kier alpha value is -1.71. The third-order valence-corrected chi connectivity index (χ3v) is 3.98. The van der Waals surface area contributed by atoms with E-state index in [1.54, 1.807) is 12.1 Å². The molecule has 0 bridgehead atoms. The van der Waals surface area contributed by atoms with Gasteiger partial charge >= 0.3 is 0 Å². The molecule has 1 fully saturated rings. The molecule has 1 amide bonds. The van der Waals surface area contributed by atoms with Crippen LogP contribution in [-0.4, -0.2) is 42.1 Å². The number of phenolic OH excluding ortho intramolecular Hbond substituents is 1. The number of phenols is 1. The number of anilines is 1. The van der Waals surface area contributed by atoms with Crippen LogP contribution in [-0.2, 0) is 0 Å². The highest BCUT2D eigenvalue weighted by atomic mass is 16.3. The molecule has 1 aromatic rings. The van der Waals surface area contributed by atoms with Crippen LogP contribution in [0.2, 0.25) is 0 Å². The van der Waals surface area contributed by atoms with Crippen LogP contribution in [0.15, 0.2) is 18.2 Å². The molecular formula is C16H24N2O2. The predicted octanol–water partition coefficient (Wildman–Crippen LogP) is 2.86. The van der Waals surface area contributed by atoms with Gasteiger partial charge in [0, 0.05) is 37.9 Å². The summed E-state index contributed by atoms with van der Waals surface area (Å²) in [4.78, 5) is 16.4. The molecule has 0 saturated carbocycles. The normalized spacial score (nSPS) is 15.2. The van der Waals surface area contributed by atoms with E-state index >= 15 is 0 Å². The molecule has 0 spiro atoms. The average Bonchev–Trinajstić information content (AvgIpc) is 2.49. The minimum atomic E-state index is -0.0479. The number of nitrogens with zero attached hydrogens (tertiary/aromatic N) is 2. The number of aromatic hydroxyl groups is 1. The molecule has 1 aliphatic rings. The van der Waals surface area contributed by atoms with Gasteiger partial charge < -0.3 is 14.9 Å². The van der Waals surface area contributed by atoms with Crippen molar-refractivity contribution >= 4 is 11.6 Å². The fourth-order valence-electron chi connectivity index (χ4n) is 2.75. The zero-order valence-corrected chi connectivity index (χ0v) is 12.4. The summed E-state index contributed by atoms with van der Waals surface area (Å²) in [6.07, 6.45) is 3.31. The van der Waals surface area contributed by atoms with Crippen molar-refractivity contribution in [2.24, 2.45) is 0 Å². The number of hydrogen-bond acceptors (Lipinski definition) is 3. The first-order valence-corrected chi connectivity index (χ1v) is 7.54. The van der Waals surface area contributed by atoms with E-state index in [4.69, 9.17) is 0 Å². The lowest BCUT2D eigenvalue weighted by atomic mass is 10.1. The first-order chi connectivity index (χ1) is 9.67. The number of carbonyl (C=O) groups excluding carboxylic acids is 1. The minimum absolute atomic E-state index is 0.0479. The zero-order chi connectivity index (χ0) is 14.5. The molecule has 1 heterocycles. The third kappa shape index (κ3) is 3.06. The highest BCUT2D eigenvalue weighted by molar-refractivity contribution is 5.97. The van der Waals surface area contributed by atoms with Crippen molar-refractivity contribution in [3.63, 3.8) is 0 Å². The summed E-state index contributed by atoms with van der Waals surface area (Å²) in [6, 6.07) is 5.37. The Morgan fingerprint density at radius 1 is 1.20 bits per heavy atom. The van der Waals surface area contributed by atoms with Gasteiger partial charge in [0.2, 0.25) is 0 Å². The van der Waals surface area contributed by atoms with Crippen molar-refractivity contribution in [3.8, 4) is 5.75 Å². The fourth-order valence-corrected chi connectivity index (χ4v) is 2.75. The summed E-state index contributed by atoms with van der Waals surface area (Å²) in [5.41, 5.74) is 1.38. The second-order valence-corrected chi connectivity index (χ2v) is 5.23. The molecule has 2 rings (SSSR count). The second kappa shape index (κ2) is 6.64. The average molecular weight is 276 g/mol. The van der Waals surface area contributed by atoms with Crippen LogP contribution in [0.1, 0.15) is 43.5 Å². The Balaban J connectivity index is 2.18. The molecule has 1 aliphatic heterocycles. The van der Waals surface area contributed by atoms with E-state index in [-0.39, 0.29) is 11.7 Å². The molecule has 1 aromatic carbocycles. The minimum Gasteiger partial charge on any atom is -0.507 e. The van der Waals surface area contributed by atoms with Gasteiger partial charge in [0.05, 0.1) is 5.56 Å². The molecule has 20 heavy (non-hydrogen) atoms. The van der Waals surface area contributed by atoms with Crippen LogP contribution in [0.25, 0.3) is 0 Å². The Morgan fingerprint density at radius 2 is 1.85 bits per heavy atom. The maximum atomic E-state index is 12.4. The quantitative estimate of drug-likeness (QED) is 0.919. The van der Waals surface area contributed by atoms with Crippen LogP contribution in [0.4, 0.5) is 5.69 Å². The van der Waals surface area contributed by atoms with E-state index in [1.165, 1.54) is 6.42 Å². The molecule has 0 atom stereocenters. The highest BCUT2D eigenvalue weighted by Crippen LogP contribution is 2.26. The van der Waals surface area contributed by atoms with Crippen molar-refractivity contribution in [1.29, 1.82) is 0 Å². The van der Waals surface area contributed by atoms with Gasteiger partial charge in [0.25, 0.3) is 5.91 Å². The van der Waals surface area contributed by atoms with E-state index in [0.29, 0.717) is 5.56 Å². The summed E-state index contributed by atoms with van der Waals surface area (Å²) in [7, 11) is 0. The number of piperidine rings is 1. The van der Waals surface area contributed by atoms with Gasteiger partial charge in [0.1, 0.15) is 5.75 Å². The van der Waals surface area contributed by atoms with Crippen molar-refractivity contribution < 1.29 is 9.90 Å². The Morgan fingerprint density at radius 3 is 2.40 bits per heavy atom. The topological polar surface area (TPSA) is 43.8 Å². The molecule has 0 aliphatic carbocycles. The van der Waals surface area contributed by atoms with Crippen LogP contribution in [0, 0.1) is 0 Å². The Kier molecular flexibility index (Phi) is 4.88. The maximum absolute atomic E-state index is 12.4. The summed E-state index contributed by atoms with van der Waals surface area (Å²) >= 11 is 0. The highest BCUT2D eigenvalue weighted by Gasteiger charge is 2.21. The maximum Gasteiger partial charge on any atom is 0.257 e. The largest absolute Gasteiger partial charge is 0.507 e. The lowest BCUT2D eigenvalue weighted by Gasteiger charge is -2.27. The number of likely N-dealkylation sites (tertiary alicyclic amines) is 1. The van der Waals surface area contributed by atoms with Gasteiger partial charge in [-0.2, -0.15) is 0 Å². The first kappa shape index (κ1) is 14.7. The zero-order valence-electron chi connectivity index (χ0n) is 12.4. The lowest BCUT2D eigenvalue weighted by molar-refractivity contribution is 0.0721. The van der Waals surface area contributed by atoms with Crippen molar-refractivity contribution in [1.82, 2.24) is 4.90 Å². The van der Waals surface area contributed by atoms with Crippen molar-refractivity contribution in [3.05, 3.63) is 23.8 Å². The lowest BCUT2D eigenvalue weighted by Crippen LogP contribution is -2.35. The Bertz CT molecular complexity index is 464. The SMILES string of the molecule is CCN(CC)c1ccc(C(=O)N2CCCCC2)c(O)c1. The summed E-state index contributed by atoms with van der Waals surface area (Å²) < 4.78 is 0. The molecule has 0 aromatic heterocycles. The van der Waals surface area contributed by atoms with Crippen LogP contribution < -0.4 is 4.90 Å². The van der Waals surface area contributed by atoms with Gasteiger partial charge in [-0.3, -0.25) is 4.79 Å². The van der Waals surface area contributed by atoms with Gasteiger partial charge in [-0.25, -0.2) is 0 Å². The van der Waals surface area contributed by atoms with Gasteiger partial charge in [-0.1, -0.05) is 0 Å². The summed E-state index contributed by atoms with van der Waals surface area (Å²) in [5.74, 6) is 0.0401. The summed E-state index contributed by atoms with van der Waals surface area (Å²) in [5, 5.41) is 10.2. The first-order valence-electron chi connectivity index (χ1n) is 7.54. The number of carbonyl (C=O) groups is 1. The fraction of sp³-hybridized carbons (Fsp3) is 0.562. The van der Waals surface area contributed by atoms with Gasteiger partial charge in [-0.15, -0.1) is 0 Å². The standard InChI is InChI=1S/C16H24N2O2/c1-3-17(4-2)13-8-9-14(15(19)12-13)16(20)18-10-6-5-7-11-18/h8-9,12,19H,3-7,10-11H2,1-2H3. The number of rotatable bonds is 4. The van der Waals surface area contributed by atoms with Gasteiger partial charge in [0.15, 0.2) is 0 Å². The summed E-state index contributed by atoms with van der Waals surface area (Å²) in [6.45, 7) is 7.53. The Labute approximate surface area is 121 Å². The van der Waals surface area contributed by atoms with E-state index in [9.17, 15) is 9.90 Å². The van der Waals surface area contributed by atoms with Crippen molar-refractivity contribution in [2.45, 2.75) is 33.1 Å². The number of hydrogen-bond donors (Lipinski definition) is 1. The number of amides is 1.